The van der Waals surface area contributed by atoms with Crippen LogP contribution in [0.1, 0.15) is 18.4 Å². The summed E-state index contributed by atoms with van der Waals surface area (Å²) in [4.78, 5) is 1.73. The maximum absolute atomic E-state index is 14.1. The van der Waals surface area contributed by atoms with E-state index < -0.39 is 11.6 Å². The van der Waals surface area contributed by atoms with E-state index in [0.29, 0.717) is 25.6 Å². The molecule has 0 amide bonds. The van der Waals surface area contributed by atoms with Gasteiger partial charge in [0.2, 0.25) is 0 Å². The Kier molecular flexibility index (Phi) is 4.88. The van der Waals surface area contributed by atoms with E-state index >= 15 is 0 Å². The molecule has 20 heavy (non-hydrogen) atoms. The van der Waals surface area contributed by atoms with Crippen LogP contribution in [-0.2, 0) is 4.74 Å². The first kappa shape index (κ1) is 15.1. The maximum Gasteiger partial charge on any atom is 0.150 e. The van der Waals surface area contributed by atoms with Crippen molar-refractivity contribution in [1.82, 2.24) is 0 Å². The second kappa shape index (κ2) is 6.45. The van der Waals surface area contributed by atoms with Crippen molar-refractivity contribution in [2.75, 3.05) is 31.7 Å². The van der Waals surface area contributed by atoms with Crippen LogP contribution in [-0.4, -0.2) is 31.8 Å². The molecule has 1 heterocycles. The number of hydrogen-bond acceptors (Lipinski definition) is 3. The Bertz CT molecular complexity index is 485. The van der Waals surface area contributed by atoms with Gasteiger partial charge in [-0.15, -0.1) is 0 Å². The molecular weight excluding hydrogens is 282 g/mol. The zero-order valence-corrected chi connectivity index (χ0v) is 12.2. The SMILES string of the molecule is COCC1CCCN(c2c(F)cc(C(N)=S)cc2F)C1. The number of halogens is 2. The summed E-state index contributed by atoms with van der Waals surface area (Å²) in [5, 5.41) is 0. The molecule has 0 aromatic heterocycles. The van der Waals surface area contributed by atoms with Gasteiger partial charge in [0.1, 0.15) is 22.3 Å². The van der Waals surface area contributed by atoms with Gasteiger partial charge in [-0.05, 0) is 30.9 Å². The van der Waals surface area contributed by atoms with Crippen molar-refractivity contribution in [1.29, 1.82) is 0 Å². The molecule has 1 fully saturated rings. The summed E-state index contributed by atoms with van der Waals surface area (Å²) in [6.45, 7) is 1.83. The van der Waals surface area contributed by atoms with Gasteiger partial charge in [0.25, 0.3) is 0 Å². The van der Waals surface area contributed by atoms with Crippen molar-refractivity contribution < 1.29 is 13.5 Å². The smallest absolute Gasteiger partial charge is 0.150 e. The van der Waals surface area contributed by atoms with Crippen LogP contribution in [0, 0.1) is 17.6 Å². The molecule has 1 aromatic carbocycles. The van der Waals surface area contributed by atoms with Crippen LogP contribution >= 0.6 is 12.2 Å². The van der Waals surface area contributed by atoms with E-state index in [1.807, 2.05) is 0 Å². The van der Waals surface area contributed by atoms with Gasteiger partial charge in [-0.2, -0.15) is 0 Å². The molecule has 1 atom stereocenters. The normalized spacial score (nSPS) is 19.1. The predicted octanol–water partition coefficient (Wildman–Crippen LogP) is 2.46. The van der Waals surface area contributed by atoms with Crippen molar-refractivity contribution in [3.05, 3.63) is 29.3 Å². The molecule has 1 aliphatic rings. The largest absolute Gasteiger partial charge is 0.389 e. The van der Waals surface area contributed by atoms with Crippen LogP contribution in [0.15, 0.2) is 12.1 Å². The molecule has 1 aliphatic heterocycles. The van der Waals surface area contributed by atoms with Gasteiger partial charge in [0.05, 0.1) is 6.61 Å². The highest BCUT2D eigenvalue weighted by Crippen LogP contribution is 2.29. The summed E-state index contributed by atoms with van der Waals surface area (Å²) < 4.78 is 33.4. The van der Waals surface area contributed by atoms with Crippen LogP contribution in [0.3, 0.4) is 0 Å². The van der Waals surface area contributed by atoms with E-state index in [1.165, 1.54) is 12.1 Å². The molecule has 0 spiro atoms. The standard InChI is InChI=1S/C14H18F2N2OS/c1-19-8-9-3-2-4-18(7-9)13-11(15)5-10(14(17)20)6-12(13)16/h5-6,9H,2-4,7-8H2,1H3,(H2,17,20). The van der Waals surface area contributed by atoms with E-state index in [0.717, 1.165) is 12.8 Å². The Labute approximate surface area is 122 Å². The fraction of sp³-hybridized carbons (Fsp3) is 0.500. The van der Waals surface area contributed by atoms with Gasteiger partial charge >= 0.3 is 0 Å². The number of thiocarbonyl (C=S) groups is 1. The second-order valence-electron chi connectivity index (χ2n) is 5.06. The number of piperidine rings is 1. The summed E-state index contributed by atoms with van der Waals surface area (Å²) >= 11 is 4.75. The van der Waals surface area contributed by atoms with Crippen molar-refractivity contribution in [2.45, 2.75) is 12.8 Å². The number of nitrogens with zero attached hydrogens (tertiary/aromatic N) is 1. The lowest BCUT2D eigenvalue weighted by molar-refractivity contribution is 0.143. The van der Waals surface area contributed by atoms with E-state index in [2.05, 4.69) is 0 Å². The lowest BCUT2D eigenvalue weighted by Gasteiger charge is -2.34. The number of anilines is 1. The molecule has 6 heteroatoms. The Balaban J connectivity index is 2.26. The third kappa shape index (κ3) is 3.24. The summed E-state index contributed by atoms with van der Waals surface area (Å²) in [5.74, 6) is -0.945. The summed E-state index contributed by atoms with van der Waals surface area (Å²) in [6, 6.07) is 2.39. The Morgan fingerprint density at radius 2 is 2.10 bits per heavy atom. The molecule has 2 rings (SSSR count). The van der Waals surface area contributed by atoms with Gasteiger partial charge in [0.15, 0.2) is 0 Å². The van der Waals surface area contributed by atoms with E-state index in [-0.39, 0.29) is 16.2 Å². The number of benzene rings is 1. The fourth-order valence-corrected chi connectivity index (χ4v) is 2.77. The fourth-order valence-electron chi connectivity index (χ4n) is 2.65. The topological polar surface area (TPSA) is 38.5 Å². The molecule has 1 saturated heterocycles. The third-order valence-corrected chi connectivity index (χ3v) is 3.77. The molecule has 0 radical (unpaired) electrons. The highest BCUT2D eigenvalue weighted by Gasteiger charge is 2.25. The second-order valence-corrected chi connectivity index (χ2v) is 5.50. The number of hydrogen-bond donors (Lipinski definition) is 1. The quantitative estimate of drug-likeness (QED) is 0.867. The van der Waals surface area contributed by atoms with Crippen molar-refractivity contribution in [3.8, 4) is 0 Å². The highest BCUT2D eigenvalue weighted by molar-refractivity contribution is 7.80. The van der Waals surface area contributed by atoms with Gasteiger partial charge in [-0.25, -0.2) is 8.78 Å². The number of rotatable bonds is 4. The first-order valence-electron chi connectivity index (χ1n) is 6.55. The average molecular weight is 300 g/mol. The van der Waals surface area contributed by atoms with Crippen LogP contribution < -0.4 is 10.6 Å². The van der Waals surface area contributed by atoms with Gasteiger partial charge < -0.3 is 15.4 Å². The first-order chi connectivity index (χ1) is 9.52. The molecule has 0 aliphatic carbocycles. The molecule has 1 unspecified atom stereocenters. The van der Waals surface area contributed by atoms with Crippen molar-refractivity contribution in [3.63, 3.8) is 0 Å². The van der Waals surface area contributed by atoms with Crippen molar-refractivity contribution in [2.24, 2.45) is 11.7 Å². The summed E-state index contributed by atoms with van der Waals surface area (Å²) in [7, 11) is 1.64. The third-order valence-electron chi connectivity index (χ3n) is 3.54. The number of nitrogens with two attached hydrogens (primary N) is 1. The first-order valence-corrected chi connectivity index (χ1v) is 6.96. The maximum atomic E-state index is 14.1. The zero-order valence-electron chi connectivity index (χ0n) is 11.4. The van der Waals surface area contributed by atoms with E-state index in [9.17, 15) is 8.78 Å². The molecule has 110 valence electrons. The molecule has 0 bridgehead atoms. The van der Waals surface area contributed by atoms with Crippen LogP contribution in [0.5, 0.6) is 0 Å². The van der Waals surface area contributed by atoms with Crippen molar-refractivity contribution >= 4 is 22.9 Å². The lowest BCUT2D eigenvalue weighted by Crippen LogP contribution is -2.38. The average Bonchev–Trinajstić information content (AvgIpc) is 2.38. The lowest BCUT2D eigenvalue weighted by atomic mass is 9.98. The Morgan fingerprint density at radius 3 is 2.65 bits per heavy atom. The van der Waals surface area contributed by atoms with Crippen LogP contribution in [0.2, 0.25) is 0 Å². The monoisotopic (exact) mass is 300 g/mol. The van der Waals surface area contributed by atoms with Crippen LogP contribution in [0.4, 0.5) is 14.5 Å². The summed E-state index contributed by atoms with van der Waals surface area (Å²) in [6.07, 6.45) is 1.91. The molecule has 1 aromatic rings. The zero-order chi connectivity index (χ0) is 14.7. The minimum absolute atomic E-state index is 0.00537. The minimum Gasteiger partial charge on any atom is -0.389 e. The molecule has 2 N–H and O–H groups in total. The predicted molar refractivity (Wildman–Crippen MR) is 79.1 cm³/mol. The van der Waals surface area contributed by atoms with Gasteiger partial charge in [0, 0.05) is 25.8 Å². The molecule has 0 saturated carbocycles. The Hall–Kier alpha value is -1.27. The van der Waals surface area contributed by atoms with E-state index in [1.54, 1.807) is 12.0 Å². The minimum atomic E-state index is -0.620. The number of methoxy groups -OCH3 is 1. The highest BCUT2D eigenvalue weighted by atomic mass is 32.1. The van der Waals surface area contributed by atoms with Gasteiger partial charge in [-0.3, -0.25) is 0 Å². The van der Waals surface area contributed by atoms with Gasteiger partial charge in [-0.1, -0.05) is 12.2 Å². The molecule has 3 nitrogen and oxygen atoms in total. The Morgan fingerprint density at radius 1 is 1.45 bits per heavy atom. The van der Waals surface area contributed by atoms with E-state index in [4.69, 9.17) is 22.7 Å². The summed E-state index contributed by atoms with van der Waals surface area (Å²) in [5.41, 5.74) is 5.63. The molecular formula is C14H18F2N2OS. The number of ether oxygens (including phenoxy) is 1. The van der Waals surface area contributed by atoms with Crippen LogP contribution in [0.25, 0.3) is 0 Å².